The number of pyridine rings is 1. The lowest BCUT2D eigenvalue weighted by Crippen LogP contribution is -2.32. The van der Waals surface area contributed by atoms with Crippen LogP contribution in [-0.2, 0) is 13.0 Å². The van der Waals surface area contributed by atoms with Crippen LogP contribution in [0.15, 0.2) is 84.2 Å². The SMILES string of the molecule is C/C(=N/NC(=S)NCc1ccccc1)c1ccc2ncc(Cc3cc4cccnc4cc3F)n2n1. The molecule has 0 amide bonds. The number of hydrogen-bond donors (Lipinski definition) is 2. The van der Waals surface area contributed by atoms with Crippen molar-refractivity contribution in [1.82, 2.24) is 30.3 Å². The Morgan fingerprint density at radius 2 is 1.91 bits per heavy atom. The fraction of sp³-hybridized carbons (Fsp3) is 0.115. The molecule has 0 spiro atoms. The predicted octanol–water partition coefficient (Wildman–Crippen LogP) is 4.40. The fourth-order valence-corrected chi connectivity index (χ4v) is 3.83. The second kappa shape index (κ2) is 9.94. The minimum Gasteiger partial charge on any atom is -0.357 e. The van der Waals surface area contributed by atoms with Crippen LogP contribution in [-0.4, -0.2) is 30.4 Å². The Labute approximate surface area is 206 Å². The number of nitrogens with one attached hydrogen (secondary N) is 2. The summed E-state index contributed by atoms with van der Waals surface area (Å²) in [6, 6.07) is 20.7. The molecule has 0 radical (unpaired) electrons. The van der Waals surface area contributed by atoms with Crippen molar-refractivity contribution in [3.05, 3.63) is 107 Å². The summed E-state index contributed by atoms with van der Waals surface area (Å²) in [5.74, 6) is -0.305. The van der Waals surface area contributed by atoms with Gasteiger partial charge in [-0.2, -0.15) is 10.2 Å². The van der Waals surface area contributed by atoms with Gasteiger partial charge in [-0.15, -0.1) is 0 Å². The molecule has 35 heavy (non-hydrogen) atoms. The molecular formula is C26H22FN7S. The first-order valence-corrected chi connectivity index (χ1v) is 11.5. The Hall–Kier alpha value is -4.24. The molecule has 9 heteroatoms. The summed E-state index contributed by atoms with van der Waals surface area (Å²) in [6.45, 7) is 2.44. The molecule has 0 bridgehead atoms. The number of hydrogen-bond acceptors (Lipinski definition) is 5. The van der Waals surface area contributed by atoms with Gasteiger partial charge in [-0.25, -0.2) is 13.9 Å². The number of imidazole rings is 1. The number of nitrogens with zero attached hydrogens (tertiary/aromatic N) is 5. The lowest BCUT2D eigenvalue weighted by Gasteiger charge is -2.09. The molecule has 2 aromatic carbocycles. The highest BCUT2D eigenvalue weighted by atomic mass is 32.1. The fourth-order valence-electron chi connectivity index (χ4n) is 3.72. The summed E-state index contributed by atoms with van der Waals surface area (Å²) in [5.41, 5.74) is 7.91. The van der Waals surface area contributed by atoms with E-state index in [9.17, 15) is 4.39 Å². The summed E-state index contributed by atoms with van der Waals surface area (Å²) in [6.07, 6.45) is 3.71. The summed E-state index contributed by atoms with van der Waals surface area (Å²) in [4.78, 5) is 8.63. The Balaban J connectivity index is 1.32. The third-order valence-corrected chi connectivity index (χ3v) is 5.80. The minimum absolute atomic E-state index is 0.305. The van der Waals surface area contributed by atoms with Crippen LogP contribution >= 0.6 is 12.2 Å². The predicted molar refractivity (Wildman–Crippen MR) is 139 cm³/mol. The van der Waals surface area contributed by atoms with Gasteiger partial charge in [-0.1, -0.05) is 36.4 Å². The van der Waals surface area contributed by atoms with Gasteiger partial charge in [0.05, 0.1) is 23.1 Å². The third kappa shape index (κ3) is 5.15. The van der Waals surface area contributed by atoms with E-state index in [1.54, 1.807) is 16.9 Å². The highest BCUT2D eigenvalue weighted by Crippen LogP contribution is 2.20. The zero-order valence-electron chi connectivity index (χ0n) is 18.9. The van der Waals surface area contributed by atoms with Crippen LogP contribution < -0.4 is 10.7 Å². The van der Waals surface area contributed by atoms with Crippen molar-refractivity contribution in [3.63, 3.8) is 0 Å². The molecule has 3 heterocycles. The highest BCUT2D eigenvalue weighted by molar-refractivity contribution is 7.80. The highest BCUT2D eigenvalue weighted by Gasteiger charge is 2.12. The van der Waals surface area contributed by atoms with Gasteiger partial charge in [0.2, 0.25) is 0 Å². The molecule has 5 aromatic rings. The van der Waals surface area contributed by atoms with E-state index >= 15 is 0 Å². The summed E-state index contributed by atoms with van der Waals surface area (Å²) in [7, 11) is 0. The summed E-state index contributed by atoms with van der Waals surface area (Å²) < 4.78 is 16.4. The van der Waals surface area contributed by atoms with E-state index in [0.717, 1.165) is 16.6 Å². The molecule has 5 rings (SSSR count). The van der Waals surface area contributed by atoms with Crippen molar-refractivity contribution >= 4 is 39.6 Å². The van der Waals surface area contributed by atoms with Crippen molar-refractivity contribution in [2.45, 2.75) is 19.9 Å². The smallest absolute Gasteiger partial charge is 0.187 e. The van der Waals surface area contributed by atoms with Crippen molar-refractivity contribution in [2.24, 2.45) is 5.10 Å². The molecule has 0 unspecified atom stereocenters. The van der Waals surface area contributed by atoms with Crippen molar-refractivity contribution < 1.29 is 4.39 Å². The zero-order chi connectivity index (χ0) is 24.2. The van der Waals surface area contributed by atoms with Gasteiger partial charge in [-0.05, 0) is 54.5 Å². The van der Waals surface area contributed by atoms with Gasteiger partial charge in [0, 0.05) is 30.6 Å². The third-order valence-electron chi connectivity index (χ3n) is 5.57. The number of halogens is 1. The second-order valence-corrected chi connectivity index (χ2v) is 8.44. The molecule has 0 aliphatic carbocycles. The van der Waals surface area contributed by atoms with Crippen LogP contribution in [0.3, 0.4) is 0 Å². The zero-order valence-corrected chi connectivity index (χ0v) is 19.8. The lowest BCUT2D eigenvalue weighted by molar-refractivity contribution is 0.614. The van der Waals surface area contributed by atoms with Crippen LogP contribution in [0, 0.1) is 5.82 Å². The van der Waals surface area contributed by atoms with Gasteiger partial charge in [0.15, 0.2) is 10.8 Å². The van der Waals surface area contributed by atoms with E-state index in [1.165, 1.54) is 6.07 Å². The maximum Gasteiger partial charge on any atom is 0.187 e. The van der Waals surface area contributed by atoms with Crippen LogP contribution in [0.4, 0.5) is 4.39 Å². The quantitative estimate of drug-likeness (QED) is 0.212. The molecule has 0 saturated carbocycles. The van der Waals surface area contributed by atoms with Crippen molar-refractivity contribution in [1.29, 1.82) is 0 Å². The first kappa shape index (κ1) is 22.5. The molecule has 0 fully saturated rings. The molecule has 0 aliphatic heterocycles. The maximum atomic E-state index is 14.7. The average Bonchev–Trinajstić information content (AvgIpc) is 3.29. The van der Waals surface area contributed by atoms with Crippen LogP contribution in [0.1, 0.15) is 29.4 Å². The Bertz CT molecular complexity index is 1550. The number of benzene rings is 2. The molecule has 2 N–H and O–H groups in total. The second-order valence-electron chi connectivity index (χ2n) is 8.03. The van der Waals surface area contributed by atoms with Crippen LogP contribution in [0.5, 0.6) is 0 Å². The Morgan fingerprint density at radius 1 is 1.06 bits per heavy atom. The topological polar surface area (TPSA) is 79.5 Å². The standard InChI is InChI=1S/C26H22FN7S/c1-17(31-32-26(35)30-15-18-6-3-2-4-7-18)23-9-10-25-29-16-21(34(25)33-23)13-20-12-19-8-5-11-28-24(19)14-22(20)27/h2-12,14,16H,13,15H2,1H3,(H2,30,32,35)/b31-17-. The normalized spacial score (nSPS) is 11.7. The van der Waals surface area contributed by atoms with Gasteiger partial charge in [-0.3, -0.25) is 10.4 Å². The van der Waals surface area contributed by atoms with E-state index in [4.69, 9.17) is 12.2 Å². The van der Waals surface area contributed by atoms with Gasteiger partial charge in [0.1, 0.15) is 11.5 Å². The number of hydrazone groups is 1. The largest absolute Gasteiger partial charge is 0.357 e. The monoisotopic (exact) mass is 483 g/mol. The van der Waals surface area contributed by atoms with Gasteiger partial charge < -0.3 is 5.32 Å². The average molecular weight is 484 g/mol. The molecular weight excluding hydrogens is 461 g/mol. The molecule has 0 aliphatic rings. The molecule has 0 saturated heterocycles. The van der Waals surface area contributed by atoms with E-state index in [-0.39, 0.29) is 5.82 Å². The van der Waals surface area contributed by atoms with Crippen molar-refractivity contribution in [2.75, 3.05) is 0 Å². The van der Waals surface area contributed by atoms with E-state index < -0.39 is 0 Å². The number of thiocarbonyl (C=S) groups is 1. The molecule has 7 nitrogen and oxygen atoms in total. The lowest BCUT2D eigenvalue weighted by atomic mass is 10.1. The van der Waals surface area contributed by atoms with Gasteiger partial charge >= 0.3 is 0 Å². The molecule has 0 atom stereocenters. The Morgan fingerprint density at radius 3 is 2.77 bits per heavy atom. The number of fused-ring (bicyclic) bond motifs is 2. The minimum atomic E-state index is -0.305. The van der Waals surface area contributed by atoms with Crippen molar-refractivity contribution in [3.8, 4) is 0 Å². The first-order valence-electron chi connectivity index (χ1n) is 11.1. The van der Waals surface area contributed by atoms with Gasteiger partial charge in [0.25, 0.3) is 0 Å². The molecule has 3 aromatic heterocycles. The Kier molecular flexibility index (Phi) is 6.40. The maximum absolute atomic E-state index is 14.7. The summed E-state index contributed by atoms with van der Waals surface area (Å²) >= 11 is 5.32. The van der Waals surface area contributed by atoms with E-state index in [2.05, 4.69) is 30.9 Å². The number of aromatic nitrogens is 4. The van der Waals surface area contributed by atoms with E-state index in [1.807, 2.05) is 67.6 Å². The van der Waals surface area contributed by atoms with Crippen LogP contribution in [0.25, 0.3) is 16.6 Å². The van der Waals surface area contributed by atoms with E-state index in [0.29, 0.717) is 46.2 Å². The van der Waals surface area contributed by atoms with Crippen LogP contribution in [0.2, 0.25) is 0 Å². The summed E-state index contributed by atoms with van der Waals surface area (Å²) in [5, 5.41) is 13.5. The molecule has 174 valence electrons. The first-order chi connectivity index (χ1) is 17.1. The number of rotatable bonds is 6.